The number of pyridine rings is 1. The first kappa shape index (κ1) is 18.3. The van der Waals surface area contributed by atoms with Gasteiger partial charge in [0, 0.05) is 11.1 Å². The molecule has 8 heteroatoms. The fourth-order valence-electron chi connectivity index (χ4n) is 2.89. The van der Waals surface area contributed by atoms with E-state index in [0.717, 1.165) is 32.0 Å². The van der Waals surface area contributed by atoms with Crippen molar-refractivity contribution in [1.29, 1.82) is 0 Å². The Morgan fingerprint density at radius 1 is 1.16 bits per heavy atom. The molecule has 3 N–H and O–H groups in total. The molecule has 5 nitrogen and oxygen atoms in total. The number of carbonyl (C=O) groups is 1. The van der Waals surface area contributed by atoms with Crippen molar-refractivity contribution >= 4 is 52.2 Å². The van der Waals surface area contributed by atoms with E-state index in [9.17, 15) is 4.79 Å². The topological polar surface area (TPSA) is 50.9 Å². The van der Waals surface area contributed by atoms with Crippen molar-refractivity contribution in [2.75, 3.05) is 42.9 Å². The second kappa shape index (κ2) is 8.23. The fourth-order valence-corrected chi connectivity index (χ4v) is 3.80. The molecule has 0 unspecified atom stereocenters. The van der Waals surface area contributed by atoms with Crippen LogP contribution in [0.15, 0.2) is 36.5 Å². The Kier molecular flexibility index (Phi) is 6.02. The third-order valence-corrected chi connectivity index (χ3v) is 5.00. The average Bonchev–Trinajstić information content (AvgIpc) is 2.59. The van der Waals surface area contributed by atoms with Gasteiger partial charge in [-0.2, -0.15) is 0 Å². The molecule has 0 bridgehead atoms. The number of nitrogens with one attached hydrogen (secondary N) is 3. The summed E-state index contributed by atoms with van der Waals surface area (Å²) < 4.78 is 0. The second-order valence-electron chi connectivity index (χ2n) is 5.95. The van der Waals surface area contributed by atoms with Crippen molar-refractivity contribution in [3.8, 4) is 0 Å². The summed E-state index contributed by atoms with van der Waals surface area (Å²) in [5, 5.41) is 3.91. The molecule has 0 radical (unpaired) electrons. The highest BCUT2D eigenvalue weighted by Crippen LogP contribution is 2.33. The zero-order valence-electron chi connectivity index (χ0n) is 13.5. The van der Waals surface area contributed by atoms with Crippen LogP contribution >= 0.6 is 34.8 Å². The molecular weight excluding hydrogens is 383 g/mol. The lowest BCUT2D eigenvalue weighted by Gasteiger charge is -2.27. The zero-order chi connectivity index (χ0) is 17.8. The molecule has 2 heterocycles. The number of H-pyrrole nitrogens is 1. The third-order valence-electron chi connectivity index (χ3n) is 4.19. The van der Waals surface area contributed by atoms with Gasteiger partial charge in [0.15, 0.2) is 6.54 Å². The highest BCUT2D eigenvalue weighted by Gasteiger charge is 2.27. The van der Waals surface area contributed by atoms with Gasteiger partial charge >= 0.3 is 0 Å². The quantitative estimate of drug-likeness (QED) is 0.821. The van der Waals surface area contributed by atoms with E-state index in [2.05, 4.69) is 21.3 Å². The van der Waals surface area contributed by atoms with Crippen molar-refractivity contribution < 1.29 is 14.7 Å². The smallest absolute Gasteiger partial charge is 0.279 e. The van der Waals surface area contributed by atoms with Crippen LogP contribution in [0.2, 0.25) is 15.1 Å². The number of halogens is 3. The summed E-state index contributed by atoms with van der Waals surface area (Å²) >= 11 is 18.1. The predicted octanol–water partition coefficient (Wildman–Crippen LogP) is 1.80. The summed E-state index contributed by atoms with van der Waals surface area (Å²) in [6.45, 7) is 3.94. The van der Waals surface area contributed by atoms with Gasteiger partial charge in [0.25, 0.3) is 11.7 Å². The van der Waals surface area contributed by atoms with E-state index >= 15 is 0 Å². The highest BCUT2D eigenvalue weighted by molar-refractivity contribution is 6.42. The summed E-state index contributed by atoms with van der Waals surface area (Å²) in [7, 11) is 0. The van der Waals surface area contributed by atoms with Crippen molar-refractivity contribution in [1.82, 2.24) is 0 Å². The van der Waals surface area contributed by atoms with E-state index in [4.69, 9.17) is 34.8 Å². The van der Waals surface area contributed by atoms with Crippen LogP contribution in [0.1, 0.15) is 0 Å². The largest absolute Gasteiger partial charge is 0.321 e. The van der Waals surface area contributed by atoms with Gasteiger partial charge in [-0.15, -0.1) is 0 Å². The number of nitrogens with zero attached hydrogens (tertiary/aromatic N) is 1. The lowest BCUT2D eigenvalue weighted by molar-refractivity contribution is -0.892. The van der Waals surface area contributed by atoms with Crippen LogP contribution in [0.4, 0.5) is 11.5 Å². The maximum atomic E-state index is 12.3. The molecule has 1 amide bonds. The van der Waals surface area contributed by atoms with Gasteiger partial charge in [0.2, 0.25) is 0 Å². The predicted molar refractivity (Wildman–Crippen MR) is 101 cm³/mol. The van der Waals surface area contributed by atoms with E-state index in [1.165, 1.54) is 4.90 Å². The molecule has 1 fully saturated rings. The molecule has 132 valence electrons. The molecule has 0 atom stereocenters. The first-order chi connectivity index (χ1) is 12.0. The number of aromatic nitrogens is 1. The van der Waals surface area contributed by atoms with Crippen LogP contribution < -0.4 is 20.1 Å². The molecule has 1 aliphatic heterocycles. The summed E-state index contributed by atoms with van der Waals surface area (Å²) in [5.74, 6) is 0.992. The molecule has 1 saturated heterocycles. The van der Waals surface area contributed by atoms with Crippen LogP contribution in [-0.4, -0.2) is 38.6 Å². The average molecular weight is 402 g/mol. The number of hydrogen-bond donors (Lipinski definition) is 2. The molecule has 1 aromatic carbocycles. The monoisotopic (exact) mass is 400 g/mol. The second-order valence-corrected chi connectivity index (χ2v) is 7.21. The Balaban J connectivity index is 1.53. The van der Waals surface area contributed by atoms with E-state index in [1.807, 2.05) is 18.3 Å². The number of rotatable bonds is 4. The summed E-state index contributed by atoms with van der Waals surface area (Å²) in [5.41, 5.74) is 0.412. The number of quaternary nitrogens is 1. The Morgan fingerprint density at radius 3 is 2.44 bits per heavy atom. The van der Waals surface area contributed by atoms with Gasteiger partial charge < -0.3 is 10.2 Å². The lowest BCUT2D eigenvalue weighted by atomic mass is 10.3. The lowest BCUT2D eigenvalue weighted by Crippen LogP contribution is -3.15. The summed E-state index contributed by atoms with van der Waals surface area (Å²) in [6.07, 6.45) is 1.92. The van der Waals surface area contributed by atoms with E-state index in [-0.39, 0.29) is 5.91 Å². The fraction of sp³-hybridized carbons (Fsp3) is 0.294. The summed E-state index contributed by atoms with van der Waals surface area (Å²) in [4.78, 5) is 19.1. The van der Waals surface area contributed by atoms with Crippen LogP contribution in [-0.2, 0) is 4.79 Å². The van der Waals surface area contributed by atoms with Gasteiger partial charge in [-0.1, -0.05) is 40.9 Å². The molecule has 0 spiro atoms. The van der Waals surface area contributed by atoms with Crippen LogP contribution in [0.3, 0.4) is 0 Å². The Bertz CT molecular complexity index is 726. The molecule has 3 rings (SSSR count). The molecule has 1 aliphatic rings. The van der Waals surface area contributed by atoms with Crippen molar-refractivity contribution in [2.24, 2.45) is 0 Å². The third kappa shape index (κ3) is 4.76. The van der Waals surface area contributed by atoms with Gasteiger partial charge in [-0.25, -0.2) is 4.98 Å². The number of piperazine rings is 1. The van der Waals surface area contributed by atoms with Gasteiger partial charge in [-0.3, -0.25) is 9.69 Å². The van der Waals surface area contributed by atoms with Gasteiger partial charge in [0.1, 0.15) is 26.2 Å². The van der Waals surface area contributed by atoms with E-state index < -0.39 is 0 Å². The normalized spacial score (nSPS) is 15.2. The highest BCUT2D eigenvalue weighted by atomic mass is 35.5. The molecular formula is C17H19Cl3N4O+2. The standard InChI is InChI=1S/C17H17Cl3N4O/c18-12-9-13(19)17(14(20)10-12)22-16(25)11-23-5-7-24(8-6-23)15-3-1-2-4-21-15/h1-4,9-10H,5-8,11H2,(H,22,25)/p+2. The molecule has 0 aliphatic carbocycles. The van der Waals surface area contributed by atoms with E-state index in [1.54, 1.807) is 12.1 Å². The number of aromatic amines is 1. The Labute approximate surface area is 161 Å². The van der Waals surface area contributed by atoms with Gasteiger partial charge in [-0.05, 0) is 18.2 Å². The first-order valence-corrected chi connectivity index (χ1v) is 9.16. The Hall–Kier alpha value is -1.53. The zero-order valence-corrected chi connectivity index (χ0v) is 15.8. The minimum absolute atomic E-state index is 0.110. The van der Waals surface area contributed by atoms with Crippen molar-refractivity contribution in [3.63, 3.8) is 0 Å². The van der Waals surface area contributed by atoms with Crippen molar-refractivity contribution in [2.45, 2.75) is 0 Å². The number of anilines is 2. The number of benzene rings is 1. The number of carbonyl (C=O) groups excluding carboxylic acids is 1. The minimum Gasteiger partial charge on any atom is -0.321 e. The molecule has 25 heavy (non-hydrogen) atoms. The van der Waals surface area contributed by atoms with Crippen molar-refractivity contribution in [3.05, 3.63) is 51.6 Å². The SMILES string of the molecule is O=C(C[NH+]1CCN(c2cccc[nH+]2)CC1)Nc1c(Cl)cc(Cl)cc1Cl. The van der Waals surface area contributed by atoms with E-state index in [0.29, 0.717) is 27.3 Å². The van der Waals surface area contributed by atoms with Crippen LogP contribution in [0.25, 0.3) is 0 Å². The van der Waals surface area contributed by atoms with Crippen LogP contribution in [0.5, 0.6) is 0 Å². The minimum atomic E-state index is -0.110. The molecule has 0 saturated carbocycles. The summed E-state index contributed by atoms with van der Waals surface area (Å²) in [6, 6.07) is 9.15. The first-order valence-electron chi connectivity index (χ1n) is 8.02. The number of amides is 1. The maximum absolute atomic E-state index is 12.3. The number of hydrogen-bond acceptors (Lipinski definition) is 2. The maximum Gasteiger partial charge on any atom is 0.279 e. The molecule has 2 aromatic rings. The van der Waals surface area contributed by atoms with Crippen LogP contribution in [0, 0.1) is 0 Å². The molecule has 1 aromatic heterocycles. The Morgan fingerprint density at radius 2 is 1.84 bits per heavy atom. The van der Waals surface area contributed by atoms with Gasteiger partial charge in [0.05, 0.1) is 21.9 Å².